The zero-order chi connectivity index (χ0) is 12.5. The van der Waals surface area contributed by atoms with Crippen LogP contribution < -0.4 is 0 Å². The Morgan fingerprint density at radius 3 is 2.82 bits per heavy atom. The van der Waals surface area contributed by atoms with Gasteiger partial charge in [-0.25, -0.2) is 0 Å². The van der Waals surface area contributed by atoms with Crippen LogP contribution in [0.25, 0.3) is 6.08 Å². The van der Waals surface area contributed by atoms with E-state index in [9.17, 15) is 10.1 Å². The number of rotatable bonds is 7. The molecule has 0 saturated heterocycles. The van der Waals surface area contributed by atoms with Crippen molar-refractivity contribution in [3.63, 3.8) is 0 Å². The standard InChI is InChI=1S/C14H19NO2/c1-2-3-4-5-6-7-9-13-10-8-11-14(12-13)15(16)17/h7-12H,2-6H2,1H3/b9-7+. The summed E-state index contributed by atoms with van der Waals surface area (Å²) in [5, 5.41) is 10.6. The number of non-ortho nitro benzene ring substituents is 1. The van der Waals surface area contributed by atoms with E-state index in [1.54, 1.807) is 12.1 Å². The molecule has 0 aliphatic heterocycles. The molecule has 0 atom stereocenters. The Bertz CT molecular complexity index is 386. The summed E-state index contributed by atoms with van der Waals surface area (Å²) in [7, 11) is 0. The van der Waals surface area contributed by atoms with Gasteiger partial charge in [-0.05, 0) is 18.4 Å². The van der Waals surface area contributed by atoms with Crippen LogP contribution in [0.4, 0.5) is 5.69 Å². The van der Waals surface area contributed by atoms with Crippen LogP contribution in [-0.2, 0) is 0 Å². The van der Waals surface area contributed by atoms with Crippen molar-refractivity contribution in [1.82, 2.24) is 0 Å². The van der Waals surface area contributed by atoms with Crippen LogP contribution in [0.2, 0.25) is 0 Å². The van der Waals surface area contributed by atoms with Crippen LogP contribution in [0.15, 0.2) is 30.3 Å². The average molecular weight is 233 g/mol. The molecule has 0 radical (unpaired) electrons. The molecule has 0 heterocycles. The molecule has 0 fully saturated rings. The topological polar surface area (TPSA) is 43.1 Å². The number of benzene rings is 1. The molecule has 0 unspecified atom stereocenters. The van der Waals surface area contributed by atoms with Crippen molar-refractivity contribution < 1.29 is 4.92 Å². The third kappa shape index (κ3) is 5.29. The van der Waals surface area contributed by atoms with E-state index < -0.39 is 0 Å². The molecule has 0 aliphatic carbocycles. The van der Waals surface area contributed by atoms with E-state index in [2.05, 4.69) is 13.0 Å². The molecule has 0 aromatic heterocycles. The number of unbranched alkanes of at least 4 members (excludes halogenated alkanes) is 4. The summed E-state index contributed by atoms with van der Waals surface area (Å²) in [4.78, 5) is 10.2. The van der Waals surface area contributed by atoms with E-state index >= 15 is 0 Å². The molecule has 1 aromatic rings. The highest BCUT2D eigenvalue weighted by Crippen LogP contribution is 2.14. The molecule has 1 rings (SSSR count). The molecule has 0 amide bonds. The Balaban J connectivity index is 2.42. The summed E-state index contributed by atoms with van der Waals surface area (Å²) < 4.78 is 0. The minimum atomic E-state index is -0.363. The van der Waals surface area contributed by atoms with Gasteiger partial charge in [0.1, 0.15) is 0 Å². The minimum absolute atomic E-state index is 0.151. The Morgan fingerprint density at radius 1 is 1.29 bits per heavy atom. The average Bonchev–Trinajstić information content (AvgIpc) is 2.34. The summed E-state index contributed by atoms with van der Waals surface area (Å²) in [6.07, 6.45) is 10.1. The molecule has 92 valence electrons. The van der Waals surface area contributed by atoms with Crippen molar-refractivity contribution in [2.75, 3.05) is 0 Å². The molecule has 0 spiro atoms. The van der Waals surface area contributed by atoms with Gasteiger partial charge in [-0.1, -0.05) is 50.5 Å². The smallest absolute Gasteiger partial charge is 0.258 e. The molecular weight excluding hydrogens is 214 g/mol. The summed E-state index contributed by atoms with van der Waals surface area (Å²) in [6, 6.07) is 6.71. The van der Waals surface area contributed by atoms with E-state index in [1.165, 1.54) is 31.7 Å². The van der Waals surface area contributed by atoms with E-state index in [0.29, 0.717) is 0 Å². The summed E-state index contributed by atoms with van der Waals surface area (Å²) in [5.41, 5.74) is 1.05. The first-order chi connectivity index (χ1) is 8.24. The minimum Gasteiger partial charge on any atom is -0.258 e. The lowest BCUT2D eigenvalue weighted by Crippen LogP contribution is -1.87. The fraction of sp³-hybridized carbons (Fsp3) is 0.429. The van der Waals surface area contributed by atoms with Gasteiger partial charge in [0.2, 0.25) is 0 Å². The van der Waals surface area contributed by atoms with E-state index in [0.717, 1.165) is 12.0 Å². The lowest BCUT2D eigenvalue weighted by Gasteiger charge is -1.96. The number of nitro groups is 1. The first kappa shape index (κ1) is 13.4. The predicted molar refractivity (Wildman–Crippen MR) is 70.9 cm³/mol. The first-order valence-electron chi connectivity index (χ1n) is 6.15. The Labute approximate surface area is 102 Å². The monoisotopic (exact) mass is 233 g/mol. The van der Waals surface area contributed by atoms with Gasteiger partial charge in [0, 0.05) is 12.1 Å². The third-order valence-electron chi connectivity index (χ3n) is 2.62. The van der Waals surface area contributed by atoms with Crippen LogP contribution in [-0.4, -0.2) is 4.92 Å². The van der Waals surface area contributed by atoms with Crippen molar-refractivity contribution in [2.24, 2.45) is 0 Å². The SMILES string of the molecule is CCCCCC/C=C/c1cccc([N+](=O)[O-])c1. The number of nitrogens with zero attached hydrogens (tertiary/aromatic N) is 1. The zero-order valence-electron chi connectivity index (χ0n) is 10.3. The van der Waals surface area contributed by atoms with Crippen LogP contribution in [0, 0.1) is 10.1 Å². The summed E-state index contributed by atoms with van der Waals surface area (Å²) >= 11 is 0. The lowest BCUT2D eigenvalue weighted by molar-refractivity contribution is -0.384. The quantitative estimate of drug-likeness (QED) is 0.393. The van der Waals surface area contributed by atoms with E-state index in [4.69, 9.17) is 0 Å². The highest BCUT2D eigenvalue weighted by Gasteiger charge is 2.03. The fourth-order valence-electron chi connectivity index (χ4n) is 1.65. The van der Waals surface area contributed by atoms with Gasteiger partial charge in [-0.3, -0.25) is 10.1 Å². The van der Waals surface area contributed by atoms with Crippen molar-refractivity contribution >= 4 is 11.8 Å². The number of allylic oxidation sites excluding steroid dienone is 1. The predicted octanol–water partition coefficient (Wildman–Crippen LogP) is 4.58. The molecule has 3 heteroatoms. The largest absolute Gasteiger partial charge is 0.270 e. The van der Waals surface area contributed by atoms with Crippen molar-refractivity contribution in [2.45, 2.75) is 39.0 Å². The molecule has 0 N–H and O–H groups in total. The van der Waals surface area contributed by atoms with Crippen molar-refractivity contribution in [3.05, 3.63) is 46.0 Å². The Kier molecular flexibility index (Phi) is 6.00. The van der Waals surface area contributed by atoms with Gasteiger partial charge in [0.05, 0.1) is 4.92 Å². The molecule has 1 aromatic carbocycles. The highest BCUT2D eigenvalue weighted by atomic mass is 16.6. The Hall–Kier alpha value is -1.64. The number of hydrogen-bond donors (Lipinski definition) is 0. The number of hydrogen-bond acceptors (Lipinski definition) is 2. The molecule has 17 heavy (non-hydrogen) atoms. The van der Waals surface area contributed by atoms with Crippen molar-refractivity contribution in [3.8, 4) is 0 Å². The van der Waals surface area contributed by atoms with E-state index in [1.807, 2.05) is 12.1 Å². The van der Waals surface area contributed by atoms with E-state index in [-0.39, 0.29) is 10.6 Å². The Morgan fingerprint density at radius 2 is 2.12 bits per heavy atom. The molecular formula is C14H19NO2. The maximum absolute atomic E-state index is 10.6. The molecule has 0 saturated carbocycles. The van der Waals surface area contributed by atoms with Crippen LogP contribution in [0.3, 0.4) is 0 Å². The second-order valence-corrected chi connectivity index (χ2v) is 4.10. The van der Waals surface area contributed by atoms with Gasteiger partial charge < -0.3 is 0 Å². The van der Waals surface area contributed by atoms with Crippen LogP contribution in [0.1, 0.15) is 44.6 Å². The second-order valence-electron chi connectivity index (χ2n) is 4.10. The molecule has 0 aliphatic rings. The van der Waals surface area contributed by atoms with Gasteiger partial charge in [-0.15, -0.1) is 0 Å². The summed E-state index contributed by atoms with van der Waals surface area (Å²) in [5.74, 6) is 0. The number of nitro benzene ring substituents is 1. The third-order valence-corrected chi connectivity index (χ3v) is 2.62. The van der Waals surface area contributed by atoms with Gasteiger partial charge in [0.25, 0.3) is 5.69 Å². The van der Waals surface area contributed by atoms with Crippen LogP contribution in [0.5, 0.6) is 0 Å². The summed E-state index contributed by atoms with van der Waals surface area (Å²) in [6.45, 7) is 2.19. The zero-order valence-corrected chi connectivity index (χ0v) is 10.3. The van der Waals surface area contributed by atoms with Gasteiger partial charge in [0.15, 0.2) is 0 Å². The lowest BCUT2D eigenvalue weighted by atomic mass is 10.1. The molecule has 0 bridgehead atoms. The normalized spacial score (nSPS) is 10.9. The first-order valence-corrected chi connectivity index (χ1v) is 6.15. The van der Waals surface area contributed by atoms with Gasteiger partial charge >= 0.3 is 0 Å². The maximum Gasteiger partial charge on any atom is 0.270 e. The maximum atomic E-state index is 10.6. The van der Waals surface area contributed by atoms with Crippen molar-refractivity contribution in [1.29, 1.82) is 0 Å². The molecule has 3 nitrogen and oxygen atoms in total. The van der Waals surface area contributed by atoms with Gasteiger partial charge in [-0.2, -0.15) is 0 Å². The van der Waals surface area contributed by atoms with Crippen LogP contribution >= 0.6 is 0 Å². The fourth-order valence-corrected chi connectivity index (χ4v) is 1.65. The second kappa shape index (κ2) is 7.60. The highest BCUT2D eigenvalue weighted by molar-refractivity contribution is 5.53.